The van der Waals surface area contributed by atoms with Gasteiger partial charge in [-0.1, -0.05) is 13.0 Å². The highest BCUT2D eigenvalue weighted by molar-refractivity contribution is 7.99. The second kappa shape index (κ2) is 6.02. The monoisotopic (exact) mass is 266 g/mol. The number of hydrogen-bond acceptors (Lipinski definition) is 4. The van der Waals surface area contributed by atoms with Gasteiger partial charge in [0, 0.05) is 17.0 Å². The van der Waals surface area contributed by atoms with Gasteiger partial charge in [0.05, 0.1) is 5.69 Å². The van der Waals surface area contributed by atoms with Gasteiger partial charge in [-0.15, -0.1) is 0 Å². The van der Waals surface area contributed by atoms with Crippen molar-refractivity contribution >= 4 is 11.8 Å². The van der Waals surface area contributed by atoms with Crippen molar-refractivity contribution in [2.24, 2.45) is 0 Å². The predicted molar refractivity (Wildman–Crippen MR) is 69.1 cm³/mol. The minimum Gasteiger partial charge on any atom is -0.439 e. The van der Waals surface area contributed by atoms with Gasteiger partial charge in [-0.3, -0.25) is 0 Å². The molecule has 0 spiro atoms. The lowest BCUT2D eigenvalue weighted by Crippen LogP contribution is -2.13. The van der Waals surface area contributed by atoms with Crippen LogP contribution in [-0.2, 0) is 6.54 Å². The van der Waals surface area contributed by atoms with E-state index < -0.39 is 0 Å². The first-order valence-corrected chi connectivity index (χ1v) is 6.60. The molecule has 0 amide bonds. The molecule has 5 heteroatoms. The Hall–Kier alpha value is -1.33. The predicted octanol–water partition coefficient (Wildman–Crippen LogP) is 3.38. The lowest BCUT2D eigenvalue weighted by molar-refractivity contribution is 0.454. The third-order valence-corrected chi connectivity index (χ3v) is 3.39. The van der Waals surface area contributed by atoms with Crippen molar-refractivity contribution in [3.63, 3.8) is 0 Å². The minimum atomic E-state index is -0.204. The number of oxazole rings is 1. The fourth-order valence-corrected chi connectivity index (χ4v) is 2.44. The standard InChI is InChI=1S/C13H15FN2OS/c1-3-15-7-10-11(14)5-4-6-12(10)18-13-16-9(2)8-17-13/h4-6,8,15H,3,7H2,1-2H3. The molecule has 3 nitrogen and oxygen atoms in total. The van der Waals surface area contributed by atoms with Crippen molar-refractivity contribution in [1.82, 2.24) is 10.3 Å². The molecule has 2 rings (SSSR count). The Kier molecular flexibility index (Phi) is 4.38. The summed E-state index contributed by atoms with van der Waals surface area (Å²) in [6.45, 7) is 5.16. The van der Waals surface area contributed by atoms with Crippen LogP contribution in [0.25, 0.3) is 0 Å². The number of rotatable bonds is 5. The summed E-state index contributed by atoms with van der Waals surface area (Å²) in [5, 5.41) is 3.67. The van der Waals surface area contributed by atoms with Crippen LogP contribution < -0.4 is 5.32 Å². The smallest absolute Gasteiger partial charge is 0.260 e. The van der Waals surface area contributed by atoms with Gasteiger partial charge in [-0.05, 0) is 37.4 Å². The summed E-state index contributed by atoms with van der Waals surface area (Å²) in [6.07, 6.45) is 1.59. The molecular weight excluding hydrogens is 251 g/mol. The van der Waals surface area contributed by atoms with Crippen LogP contribution >= 0.6 is 11.8 Å². The quantitative estimate of drug-likeness (QED) is 0.900. The van der Waals surface area contributed by atoms with Gasteiger partial charge >= 0.3 is 0 Å². The Morgan fingerprint density at radius 1 is 1.44 bits per heavy atom. The molecule has 0 aliphatic carbocycles. The lowest BCUT2D eigenvalue weighted by atomic mass is 10.2. The highest BCUT2D eigenvalue weighted by atomic mass is 32.2. The second-order valence-corrected chi connectivity index (χ2v) is 4.85. The van der Waals surface area contributed by atoms with Gasteiger partial charge < -0.3 is 9.73 Å². The zero-order chi connectivity index (χ0) is 13.0. The maximum absolute atomic E-state index is 13.8. The number of aromatic nitrogens is 1. The van der Waals surface area contributed by atoms with Crippen molar-refractivity contribution < 1.29 is 8.81 Å². The summed E-state index contributed by atoms with van der Waals surface area (Å²) < 4.78 is 19.1. The Bertz CT molecular complexity index is 527. The first-order valence-electron chi connectivity index (χ1n) is 5.78. The van der Waals surface area contributed by atoms with Crippen LogP contribution in [0.2, 0.25) is 0 Å². The summed E-state index contributed by atoms with van der Waals surface area (Å²) >= 11 is 1.34. The first-order chi connectivity index (χ1) is 8.70. The van der Waals surface area contributed by atoms with Crippen LogP contribution in [0.3, 0.4) is 0 Å². The van der Waals surface area contributed by atoms with Gasteiger partial charge in [0.1, 0.15) is 12.1 Å². The molecule has 2 aromatic rings. The minimum absolute atomic E-state index is 0.204. The number of aryl methyl sites for hydroxylation is 1. The van der Waals surface area contributed by atoms with E-state index in [0.717, 1.165) is 17.1 Å². The van der Waals surface area contributed by atoms with Crippen molar-refractivity contribution in [3.8, 4) is 0 Å². The first kappa shape index (κ1) is 13.1. The number of nitrogens with zero attached hydrogens (tertiary/aromatic N) is 1. The molecule has 1 N–H and O–H groups in total. The summed E-state index contributed by atoms with van der Waals surface area (Å²) in [4.78, 5) is 5.04. The average Bonchev–Trinajstić information content (AvgIpc) is 2.74. The maximum Gasteiger partial charge on any atom is 0.260 e. The van der Waals surface area contributed by atoms with Crippen LogP contribution in [0.15, 0.2) is 39.0 Å². The summed E-state index contributed by atoms with van der Waals surface area (Å²) in [5.74, 6) is -0.204. The van der Waals surface area contributed by atoms with E-state index in [1.54, 1.807) is 12.3 Å². The lowest BCUT2D eigenvalue weighted by Gasteiger charge is -2.08. The molecule has 96 valence electrons. The van der Waals surface area contributed by atoms with Crippen LogP contribution in [-0.4, -0.2) is 11.5 Å². The SMILES string of the molecule is CCNCc1c(F)cccc1Sc1nc(C)co1. The van der Waals surface area contributed by atoms with Crippen LogP contribution in [0, 0.1) is 12.7 Å². The van der Waals surface area contributed by atoms with Crippen LogP contribution in [0.5, 0.6) is 0 Å². The van der Waals surface area contributed by atoms with Gasteiger partial charge in [0.2, 0.25) is 0 Å². The van der Waals surface area contributed by atoms with E-state index in [1.807, 2.05) is 19.9 Å². The molecule has 1 heterocycles. The van der Waals surface area contributed by atoms with E-state index in [1.165, 1.54) is 17.8 Å². The Morgan fingerprint density at radius 2 is 2.28 bits per heavy atom. The van der Waals surface area contributed by atoms with E-state index in [4.69, 9.17) is 4.42 Å². The zero-order valence-corrected chi connectivity index (χ0v) is 11.2. The number of benzene rings is 1. The van der Waals surface area contributed by atoms with Crippen molar-refractivity contribution in [1.29, 1.82) is 0 Å². The van der Waals surface area contributed by atoms with E-state index in [2.05, 4.69) is 10.3 Å². The zero-order valence-electron chi connectivity index (χ0n) is 10.4. The number of nitrogens with one attached hydrogen (secondary N) is 1. The molecule has 0 fully saturated rings. The summed E-state index contributed by atoms with van der Waals surface area (Å²) in [6, 6.07) is 5.04. The van der Waals surface area contributed by atoms with Crippen molar-refractivity contribution in [2.75, 3.05) is 6.54 Å². The molecule has 0 unspecified atom stereocenters. The fourth-order valence-electron chi connectivity index (χ4n) is 1.53. The molecule has 0 aliphatic rings. The second-order valence-electron chi connectivity index (χ2n) is 3.85. The van der Waals surface area contributed by atoms with Gasteiger partial charge in [0.15, 0.2) is 0 Å². The van der Waals surface area contributed by atoms with E-state index in [-0.39, 0.29) is 5.82 Å². The third kappa shape index (κ3) is 3.11. The van der Waals surface area contributed by atoms with E-state index >= 15 is 0 Å². The van der Waals surface area contributed by atoms with Crippen molar-refractivity contribution in [3.05, 3.63) is 41.5 Å². The molecule has 0 atom stereocenters. The highest BCUT2D eigenvalue weighted by Crippen LogP contribution is 2.31. The Labute approximate surface area is 110 Å². The summed E-state index contributed by atoms with van der Waals surface area (Å²) in [7, 11) is 0. The topological polar surface area (TPSA) is 38.1 Å². The largest absolute Gasteiger partial charge is 0.439 e. The van der Waals surface area contributed by atoms with Crippen LogP contribution in [0.4, 0.5) is 4.39 Å². The van der Waals surface area contributed by atoms with Gasteiger partial charge in [-0.25, -0.2) is 9.37 Å². The van der Waals surface area contributed by atoms with Gasteiger partial charge in [-0.2, -0.15) is 0 Å². The summed E-state index contributed by atoms with van der Waals surface area (Å²) in [5.41, 5.74) is 1.47. The normalized spacial score (nSPS) is 10.8. The molecule has 1 aromatic heterocycles. The molecule has 0 aliphatic heterocycles. The highest BCUT2D eigenvalue weighted by Gasteiger charge is 2.11. The van der Waals surface area contributed by atoms with E-state index in [0.29, 0.717) is 17.3 Å². The third-order valence-electron chi connectivity index (χ3n) is 2.42. The molecule has 0 radical (unpaired) electrons. The molecule has 0 saturated carbocycles. The Morgan fingerprint density at radius 3 is 2.94 bits per heavy atom. The van der Waals surface area contributed by atoms with Crippen molar-refractivity contribution in [2.45, 2.75) is 30.5 Å². The molecular formula is C13H15FN2OS. The Balaban J connectivity index is 2.23. The number of hydrogen-bond donors (Lipinski definition) is 1. The fraction of sp³-hybridized carbons (Fsp3) is 0.308. The van der Waals surface area contributed by atoms with E-state index in [9.17, 15) is 4.39 Å². The average molecular weight is 266 g/mol. The van der Waals surface area contributed by atoms with Gasteiger partial charge in [0.25, 0.3) is 5.22 Å². The molecule has 18 heavy (non-hydrogen) atoms. The van der Waals surface area contributed by atoms with Crippen LogP contribution in [0.1, 0.15) is 18.2 Å². The molecule has 1 aromatic carbocycles. The maximum atomic E-state index is 13.8. The molecule has 0 saturated heterocycles. The number of halogens is 1. The molecule has 0 bridgehead atoms.